The molecular formula is C30H36N2O3. The fourth-order valence-corrected chi connectivity index (χ4v) is 4.33. The van der Waals surface area contributed by atoms with E-state index in [0.717, 1.165) is 63.9 Å². The molecule has 2 N–H and O–H groups in total. The first-order valence-corrected chi connectivity index (χ1v) is 12.4. The van der Waals surface area contributed by atoms with E-state index >= 15 is 0 Å². The van der Waals surface area contributed by atoms with Gasteiger partial charge in [-0.25, -0.2) is 4.79 Å². The van der Waals surface area contributed by atoms with Gasteiger partial charge in [-0.15, -0.1) is 0 Å². The Hall–Kier alpha value is -3.47. The highest BCUT2D eigenvalue weighted by Crippen LogP contribution is 2.41. The van der Waals surface area contributed by atoms with E-state index in [1.165, 1.54) is 20.0 Å². The van der Waals surface area contributed by atoms with Gasteiger partial charge < -0.3 is 20.1 Å². The Kier molecular flexibility index (Phi) is 7.64. The number of rotatable bonds is 10. The van der Waals surface area contributed by atoms with Gasteiger partial charge in [-0.1, -0.05) is 38.1 Å². The van der Waals surface area contributed by atoms with Gasteiger partial charge in [0.05, 0.1) is 19.8 Å². The summed E-state index contributed by atoms with van der Waals surface area (Å²) in [6, 6.07) is 18.4. The maximum Gasteiger partial charge on any atom is 0.338 e. The number of hydrogen-bond acceptors (Lipinski definition) is 5. The van der Waals surface area contributed by atoms with E-state index in [-0.39, 0.29) is 5.97 Å². The van der Waals surface area contributed by atoms with Crippen LogP contribution in [0.5, 0.6) is 5.75 Å². The molecule has 0 aliphatic heterocycles. The number of hydrogen-bond donors (Lipinski definition) is 2. The van der Waals surface area contributed by atoms with Crippen LogP contribution >= 0.6 is 0 Å². The highest BCUT2D eigenvalue weighted by Gasteiger charge is 2.24. The predicted molar refractivity (Wildman–Crippen MR) is 144 cm³/mol. The zero-order chi connectivity index (χ0) is 24.9. The molecule has 1 fully saturated rings. The standard InChI is InChI=1S/C30H36N2O3/c1-19(2)17-31-24-12-8-22(9-13-24)26-16-27(34-4)28(20(3)29(26)30(33)35-5)23-10-14-25(15-11-23)32-18-21-6-7-21/h8-16,19,21,31-32H,6-7,17-18H2,1-5H3. The second kappa shape index (κ2) is 10.9. The molecule has 0 bridgehead atoms. The monoisotopic (exact) mass is 472 g/mol. The van der Waals surface area contributed by atoms with E-state index in [1.807, 2.05) is 37.3 Å². The molecule has 0 heterocycles. The number of esters is 1. The number of ether oxygens (including phenoxy) is 2. The predicted octanol–water partition coefficient (Wildman–Crippen LogP) is 7.01. The molecule has 1 aliphatic rings. The van der Waals surface area contributed by atoms with Gasteiger partial charge in [0.1, 0.15) is 5.75 Å². The quantitative estimate of drug-likeness (QED) is 0.311. The lowest BCUT2D eigenvalue weighted by atomic mass is 9.88. The molecule has 0 atom stereocenters. The Morgan fingerprint density at radius 3 is 2.09 bits per heavy atom. The summed E-state index contributed by atoms with van der Waals surface area (Å²) in [5, 5.41) is 6.94. The van der Waals surface area contributed by atoms with Gasteiger partial charge in [-0.05, 0) is 78.6 Å². The van der Waals surface area contributed by atoms with Crippen molar-refractivity contribution in [1.82, 2.24) is 0 Å². The zero-order valence-electron chi connectivity index (χ0n) is 21.4. The van der Waals surface area contributed by atoms with Gasteiger partial charge in [-0.2, -0.15) is 0 Å². The van der Waals surface area contributed by atoms with Crippen molar-refractivity contribution in [3.8, 4) is 28.0 Å². The van der Waals surface area contributed by atoms with Crippen LogP contribution in [0.2, 0.25) is 0 Å². The van der Waals surface area contributed by atoms with Gasteiger partial charge in [0.2, 0.25) is 0 Å². The summed E-state index contributed by atoms with van der Waals surface area (Å²) in [7, 11) is 3.10. The fraction of sp³-hybridized carbons (Fsp3) is 0.367. The summed E-state index contributed by atoms with van der Waals surface area (Å²) in [6.45, 7) is 8.25. The van der Waals surface area contributed by atoms with Crippen LogP contribution in [0.4, 0.5) is 11.4 Å². The van der Waals surface area contributed by atoms with Crippen LogP contribution < -0.4 is 15.4 Å². The molecule has 0 saturated heterocycles. The summed E-state index contributed by atoms with van der Waals surface area (Å²) in [4.78, 5) is 13.0. The van der Waals surface area contributed by atoms with Crippen molar-refractivity contribution in [1.29, 1.82) is 0 Å². The Morgan fingerprint density at radius 2 is 1.54 bits per heavy atom. The molecule has 0 spiro atoms. The second-order valence-electron chi connectivity index (χ2n) is 9.75. The lowest BCUT2D eigenvalue weighted by Gasteiger charge is -2.20. The molecule has 5 heteroatoms. The van der Waals surface area contributed by atoms with Crippen LogP contribution in [0.1, 0.15) is 42.6 Å². The normalized spacial score (nSPS) is 13.0. The molecular weight excluding hydrogens is 436 g/mol. The molecule has 35 heavy (non-hydrogen) atoms. The number of anilines is 2. The Balaban J connectivity index is 1.72. The van der Waals surface area contributed by atoms with Gasteiger partial charge in [0, 0.05) is 35.6 Å². The maximum absolute atomic E-state index is 13.0. The molecule has 0 unspecified atom stereocenters. The molecule has 3 aromatic rings. The van der Waals surface area contributed by atoms with Crippen LogP contribution in [0.3, 0.4) is 0 Å². The number of carbonyl (C=O) groups is 1. The van der Waals surface area contributed by atoms with E-state index in [0.29, 0.717) is 11.5 Å². The first-order chi connectivity index (χ1) is 16.9. The van der Waals surface area contributed by atoms with Crippen molar-refractivity contribution < 1.29 is 14.3 Å². The van der Waals surface area contributed by atoms with Crippen LogP contribution in [-0.2, 0) is 4.74 Å². The van der Waals surface area contributed by atoms with E-state index < -0.39 is 0 Å². The minimum absolute atomic E-state index is 0.355. The fourth-order valence-electron chi connectivity index (χ4n) is 4.33. The smallest absolute Gasteiger partial charge is 0.338 e. The second-order valence-corrected chi connectivity index (χ2v) is 9.75. The molecule has 0 radical (unpaired) electrons. The van der Waals surface area contributed by atoms with Gasteiger partial charge in [0.15, 0.2) is 0 Å². The van der Waals surface area contributed by atoms with Crippen LogP contribution in [0.15, 0.2) is 54.6 Å². The highest BCUT2D eigenvalue weighted by atomic mass is 16.5. The Labute approximate surface area is 208 Å². The van der Waals surface area contributed by atoms with Crippen molar-refractivity contribution in [3.63, 3.8) is 0 Å². The zero-order valence-corrected chi connectivity index (χ0v) is 21.4. The Bertz CT molecular complexity index is 1160. The van der Waals surface area contributed by atoms with Crippen LogP contribution in [0, 0.1) is 18.8 Å². The largest absolute Gasteiger partial charge is 0.496 e. The third kappa shape index (κ3) is 5.79. The maximum atomic E-state index is 13.0. The molecule has 1 saturated carbocycles. The summed E-state index contributed by atoms with van der Waals surface area (Å²) in [5.41, 5.74) is 7.20. The van der Waals surface area contributed by atoms with E-state index in [1.54, 1.807) is 7.11 Å². The summed E-state index contributed by atoms with van der Waals surface area (Å²) in [6.07, 6.45) is 2.64. The first-order valence-electron chi connectivity index (χ1n) is 12.4. The minimum Gasteiger partial charge on any atom is -0.496 e. The molecule has 3 aromatic carbocycles. The number of benzene rings is 3. The van der Waals surface area contributed by atoms with Crippen molar-refractivity contribution in [2.45, 2.75) is 33.6 Å². The SMILES string of the molecule is COC(=O)c1c(-c2ccc(NCC(C)C)cc2)cc(OC)c(-c2ccc(NCC3CC3)cc2)c1C. The summed E-state index contributed by atoms with van der Waals surface area (Å²) in [5.74, 6) is 1.74. The van der Waals surface area contributed by atoms with E-state index in [2.05, 4.69) is 48.7 Å². The number of carbonyl (C=O) groups excluding carboxylic acids is 1. The average molecular weight is 473 g/mol. The van der Waals surface area contributed by atoms with Gasteiger partial charge in [-0.3, -0.25) is 0 Å². The van der Waals surface area contributed by atoms with Crippen molar-refractivity contribution >= 4 is 17.3 Å². The summed E-state index contributed by atoms with van der Waals surface area (Å²) >= 11 is 0. The van der Waals surface area contributed by atoms with Crippen LogP contribution in [-0.4, -0.2) is 33.3 Å². The van der Waals surface area contributed by atoms with E-state index in [9.17, 15) is 4.79 Å². The molecule has 0 amide bonds. The molecule has 1 aliphatic carbocycles. The molecule has 5 nitrogen and oxygen atoms in total. The van der Waals surface area contributed by atoms with Crippen molar-refractivity contribution in [3.05, 3.63) is 65.7 Å². The molecule has 0 aromatic heterocycles. The van der Waals surface area contributed by atoms with Crippen molar-refractivity contribution in [2.75, 3.05) is 37.9 Å². The topological polar surface area (TPSA) is 59.6 Å². The minimum atomic E-state index is -0.355. The first kappa shape index (κ1) is 24.6. The van der Waals surface area contributed by atoms with E-state index in [4.69, 9.17) is 9.47 Å². The lowest BCUT2D eigenvalue weighted by molar-refractivity contribution is 0.0601. The molecule has 4 rings (SSSR count). The number of nitrogens with one attached hydrogen (secondary N) is 2. The average Bonchev–Trinajstić information content (AvgIpc) is 3.70. The van der Waals surface area contributed by atoms with Gasteiger partial charge in [0.25, 0.3) is 0 Å². The number of methoxy groups -OCH3 is 2. The van der Waals surface area contributed by atoms with Gasteiger partial charge >= 0.3 is 5.97 Å². The summed E-state index contributed by atoms with van der Waals surface area (Å²) < 4.78 is 11.0. The lowest BCUT2D eigenvalue weighted by Crippen LogP contribution is -2.09. The van der Waals surface area contributed by atoms with Crippen LogP contribution in [0.25, 0.3) is 22.3 Å². The third-order valence-corrected chi connectivity index (χ3v) is 6.53. The molecule has 184 valence electrons. The third-order valence-electron chi connectivity index (χ3n) is 6.53. The Morgan fingerprint density at radius 1 is 0.943 bits per heavy atom. The van der Waals surface area contributed by atoms with Crippen molar-refractivity contribution in [2.24, 2.45) is 11.8 Å². The highest BCUT2D eigenvalue weighted by molar-refractivity contribution is 6.02.